The first kappa shape index (κ1) is 13.6. The molecule has 2 N–H and O–H groups in total. The molecule has 0 fully saturated rings. The van der Waals surface area contributed by atoms with E-state index in [4.69, 9.17) is 0 Å². The number of amides is 2. The fourth-order valence-corrected chi connectivity index (χ4v) is 1.55. The normalized spacial score (nSPS) is 11.1. The Hall–Kier alpha value is -1.51. The molecule has 0 aromatic heterocycles. The minimum atomic E-state index is -0.216. The standard InChI is InChI=1S/C14H22N2O/c1-5-6-11-7-9-12(10-8-11)15-13(17)16-14(2,3)4/h7-10H,5-6H2,1-4H3,(H2,15,16,17). The van der Waals surface area contributed by atoms with Gasteiger partial charge in [-0.2, -0.15) is 0 Å². The largest absolute Gasteiger partial charge is 0.333 e. The number of anilines is 1. The Bertz CT molecular complexity index is 363. The van der Waals surface area contributed by atoms with Gasteiger partial charge in [-0.25, -0.2) is 4.79 Å². The van der Waals surface area contributed by atoms with Gasteiger partial charge in [0.25, 0.3) is 0 Å². The van der Waals surface area contributed by atoms with Crippen LogP contribution in [0.2, 0.25) is 0 Å². The molecule has 17 heavy (non-hydrogen) atoms. The fourth-order valence-electron chi connectivity index (χ4n) is 1.55. The van der Waals surface area contributed by atoms with Crippen LogP contribution in [-0.4, -0.2) is 11.6 Å². The summed E-state index contributed by atoms with van der Waals surface area (Å²) in [6.07, 6.45) is 2.21. The van der Waals surface area contributed by atoms with Gasteiger partial charge in [0.15, 0.2) is 0 Å². The molecule has 94 valence electrons. The fraction of sp³-hybridized carbons (Fsp3) is 0.500. The van der Waals surface area contributed by atoms with Crippen LogP contribution in [0.5, 0.6) is 0 Å². The van der Waals surface area contributed by atoms with E-state index in [2.05, 4.69) is 29.7 Å². The summed E-state index contributed by atoms with van der Waals surface area (Å²) in [6, 6.07) is 7.81. The predicted octanol–water partition coefficient (Wildman–Crippen LogP) is 3.56. The number of rotatable bonds is 3. The smallest absolute Gasteiger partial charge is 0.319 e. The summed E-state index contributed by atoms with van der Waals surface area (Å²) >= 11 is 0. The summed E-state index contributed by atoms with van der Waals surface area (Å²) in [5, 5.41) is 5.68. The molecule has 0 aliphatic carbocycles. The number of carbonyl (C=O) groups is 1. The Morgan fingerprint density at radius 3 is 2.24 bits per heavy atom. The van der Waals surface area contributed by atoms with Gasteiger partial charge in [-0.05, 0) is 44.9 Å². The van der Waals surface area contributed by atoms with E-state index in [9.17, 15) is 4.79 Å². The molecule has 0 spiro atoms. The van der Waals surface area contributed by atoms with Crippen molar-refractivity contribution in [3.63, 3.8) is 0 Å². The number of carbonyl (C=O) groups excluding carboxylic acids is 1. The van der Waals surface area contributed by atoms with Crippen LogP contribution >= 0.6 is 0 Å². The third-order valence-electron chi connectivity index (χ3n) is 2.24. The minimum absolute atomic E-state index is 0.166. The molecule has 0 aliphatic rings. The first-order chi connectivity index (χ1) is 7.90. The van der Waals surface area contributed by atoms with Gasteiger partial charge in [0.2, 0.25) is 0 Å². The number of hydrogen-bond donors (Lipinski definition) is 2. The highest BCUT2D eigenvalue weighted by atomic mass is 16.2. The van der Waals surface area contributed by atoms with Gasteiger partial charge in [0, 0.05) is 11.2 Å². The van der Waals surface area contributed by atoms with E-state index in [1.165, 1.54) is 5.56 Å². The second kappa shape index (κ2) is 5.71. The first-order valence-corrected chi connectivity index (χ1v) is 6.09. The van der Waals surface area contributed by atoms with Crippen molar-refractivity contribution in [2.45, 2.75) is 46.1 Å². The Labute approximate surface area is 104 Å². The van der Waals surface area contributed by atoms with Crippen LogP contribution in [0.15, 0.2) is 24.3 Å². The highest BCUT2D eigenvalue weighted by molar-refractivity contribution is 5.89. The molecule has 0 bridgehead atoms. The topological polar surface area (TPSA) is 41.1 Å². The molecule has 1 aromatic rings. The van der Waals surface area contributed by atoms with E-state index in [-0.39, 0.29) is 11.6 Å². The maximum Gasteiger partial charge on any atom is 0.319 e. The van der Waals surface area contributed by atoms with Crippen molar-refractivity contribution in [2.24, 2.45) is 0 Å². The average molecular weight is 234 g/mol. The molecule has 2 amide bonds. The molecule has 1 aromatic carbocycles. The number of benzene rings is 1. The number of nitrogens with one attached hydrogen (secondary N) is 2. The van der Waals surface area contributed by atoms with Crippen LogP contribution in [0.4, 0.5) is 10.5 Å². The zero-order valence-corrected chi connectivity index (χ0v) is 11.1. The van der Waals surface area contributed by atoms with E-state index < -0.39 is 0 Å². The van der Waals surface area contributed by atoms with Crippen molar-refractivity contribution in [2.75, 3.05) is 5.32 Å². The lowest BCUT2D eigenvalue weighted by Gasteiger charge is -2.20. The van der Waals surface area contributed by atoms with Gasteiger partial charge in [-0.15, -0.1) is 0 Å². The van der Waals surface area contributed by atoms with E-state index in [1.54, 1.807) is 0 Å². The number of aryl methyl sites for hydroxylation is 1. The van der Waals surface area contributed by atoms with Crippen molar-refractivity contribution in [1.82, 2.24) is 5.32 Å². The van der Waals surface area contributed by atoms with Crippen LogP contribution in [0.25, 0.3) is 0 Å². The van der Waals surface area contributed by atoms with Gasteiger partial charge in [-0.1, -0.05) is 25.5 Å². The van der Waals surface area contributed by atoms with Crippen LogP contribution in [0, 0.1) is 0 Å². The Kier molecular flexibility index (Phi) is 4.55. The highest BCUT2D eigenvalue weighted by Gasteiger charge is 2.13. The molecule has 0 radical (unpaired) electrons. The molecule has 0 atom stereocenters. The van der Waals surface area contributed by atoms with Crippen LogP contribution < -0.4 is 10.6 Å². The van der Waals surface area contributed by atoms with E-state index in [0.29, 0.717) is 0 Å². The van der Waals surface area contributed by atoms with Gasteiger partial charge in [0.05, 0.1) is 0 Å². The summed E-state index contributed by atoms with van der Waals surface area (Å²) in [4.78, 5) is 11.6. The van der Waals surface area contributed by atoms with E-state index >= 15 is 0 Å². The second-order valence-electron chi connectivity index (χ2n) is 5.28. The maximum absolute atomic E-state index is 11.6. The second-order valence-corrected chi connectivity index (χ2v) is 5.28. The Morgan fingerprint density at radius 2 is 1.76 bits per heavy atom. The van der Waals surface area contributed by atoms with Gasteiger partial charge >= 0.3 is 6.03 Å². The lowest BCUT2D eigenvalue weighted by Crippen LogP contribution is -2.43. The molecule has 3 heteroatoms. The summed E-state index contributed by atoms with van der Waals surface area (Å²) in [5.74, 6) is 0. The zero-order valence-electron chi connectivity index (χ0n) is 11.1. The van der Waals surface area contributed by atoms with Crippen LogP contribution in [-0.2, 0) is 6.42 Å². The monoisotopic (exact) mass is 234 g/mol. The summed E-state index contributed by atoms with van der Waals surface area (Å²) in [7, 11) is 0. The van der Waals surface area contributed by atoms with Crippen molar-refractivity contribution in [3.05, 3.63) is 29.8 Å². The molecule has 0 unspecified atom stereocenters. The molecular weight excluding hydrogens is 212 g/mol. The van der Waals surface area contributed by atoms with Crippen LogP contribution in [0.3, 0.4) is 0 Å². The summed E-state index contributed by atoms with van der Waals surface area (Å²) < 4.78 is 0. The lowest BCUT2D eigenvalue weighted by atomic mass is 10.1. The molecular formula is C14H22N2O. The van der Waals surface area contributed by atoms with E-state index in [0.717, 1.165) is 18.5 Å². The predicted molar refractivity (Wildman–Crippen MR) is 72.3 cm³/mol. The quantitative estimate of drug-likeness (QED) is 0.825. The van der Waals surface area contributed by atoms with Crippen LogP contribution in [0.1, 0.15) is 39.7 Å². The average Bonchev–Trinajstić information content (AvgIpc) is 2.18. The molecule has 1 rings (SSSR count). The lowest BCUT2D eigenvalue weighted by molar-refractivity contribution is 0.244. The van der Waals surface area contributed by atoms with Crippen molar-refractivity contribution >= 4 is 11.7 Å². The van der Waals surface area contributed by atoms with Crippen molar-refractivity contribution < 1.29 is 4.79 Å². The van der Waals surface area contributed by atoms with Crippen molar-refractivity contribution in [3.8, 4) is 0 Å². The third-order valence-corrected chi connectivity index (χ3v) is 2.24. The van der Waals surface area contributed by atoms with Gasteiger partial charge in [0.1, 0.15) is 0 Å². The molecule has 3 nitrogen and oxygen atoms in total. The first-order valence-electron chi connectivity index (χ1n) is 6.09. The Morgan fingerprint density at radius 1 is 1.18 bits per heavy atom. The summed E-state index contributed by atoms with van der Waals surface area (Å²) in [6.45, 7) is 8.02. The number of hydrogen-bond acceptors (Lipinski definition) is 1. The maximum atomic E-state index is 11.6. The molecule has 0 saturated carbocycles. The third kappa shape index (κ3) is 5.38. The molecule has 0 aliphatic heterocycles. The zero-order chi connectivity index (χ0) is 12.9. The van der Waals surface area contributed by atoms with Gasteiger partial charge in [-0.3, -0.25) is 0 Å². The molecule has 0 saturated heterocycles. The molecule has 0 heterocycles. The highest BCUT2D eigenvalue weighted by Crippen LogP contribution is 2.11. The summed E-state index contributed by atoms with van der Waals surface area (Å²) in [5.41, 5.74) is 1.91. The van der Waals surface area contributed by atoms with Gasteiger partial charge < -0.3 is 10.6 Å². The minimum Gasteiger partial charge on any atom is -0.333 e. The number of urea groups is 1. The SMILES string of the molecule is CCCc1ccc(NC(=O)NC(C)(C)C)cc1. The Balaban J connectivity index is 2.54. The van der Waals surface area contributed by atoms with E-state index in [1.807, 2.05) is 32.9 Å². The van der Waals surface area contributed by atoms with Crippen molar-refractivity contribution in [1.29, 1.82) is 0 Å².